The van der Waals surface area contributed by atoms with Crippen LogP contribution in [-0.4, -0.2) is 16.5 Å². The van der Waals surface area contributed by atoms with Crippen LogP contribution >= 0.6 is 0 Å². The summed E-state index contributed by atoms with van der Waals surface area (Å²) in [6, 6.07) is 6.15. The van der Waals surface area contributed by atoms with E-state index in [9.17, 15) is 4.79 Å². The molecule has 4 heteroatoms. The number of nitrogens with one attached hydrogen (secondary N) is 1. The van der Waals surface area contributed by atoms with Crippen molar-refractivity contribution in [1.82, 2.24) is 9.88 Å². The van der Waals surface area contributed by atoms with E-state index in [1.165, 1.54) is 19.3 Å². The lowest BCUT2D eigenvalue weighted by atomic mass is 9.86. The van der Waals surface area contributed by atoms with E-state index in [1.54, 1.807) is 6.26 Å². The summed E-state index contributed by atoms with van der Waals surface area (Å²) in [7, 11) is 0. The number of carbonyl (C=O) groups excluding carboxylic acids is 1. The third kappa shape index (κ3) is 3.36. The largest absolute Gasteiger partial charge is 0.467 e. The monoisotopic (exact) mass is 314 g/mol. The average molecular weight is 314 g/mol. The Morgan fingerprint density at radius 3 is 2.83 bits per heavy atom. The van der Waals surface area contributed by atoms with Gasteiger partial charge >= 0.3 is 0 Å². The zero-order chi connectivity index (χ0) is 16.4. The summed E-state index contributed by atoms with van der Waals surface area (Å²) in [5, 5.41) is 3.25. The molecule has 1 aliphatic carbocycles. The van der Waals surface area contributed by atoms with Crippen LogP contribution in [-0.2, 0) is 6.54 Å². The molecule has 0 bridgehead atoms. The summed E-state index contributed by atoms with van der Waals surface area (Å²) < 4.78 is 7.57. The van der Waals surface area contributed by atoms with Gasteiger partial charge < -0.3 is 14.3 Å². The average Bonchev–Trinajstić information content (AvgIpc) is 3.13. The molecule has 1 amide bonds. The van der Waals surface area contributed by atoms with Crippen molar-refractivity contribution in [3.05, 3.63) is 47.2 Å². The van der Waals surface area contributed by atoms with Gasteiger partial charge in [-0.05, 0) is 50.8 Å². The van der Waals surface area contributed by atoms with Crippen LogP contribution in [0, 0.1) is 19.8 Å². The molecule has 0 aliphatic heterocycles. The van der Waals surface area contributed by atoms with Crippen molar-refractivity contribution in [2.75, 3.05) is 0 Å². The van der Waals surface area contributed by atoms with Crippen LogP contribution in [0.25, 0.3) is 0 Å². The Morgan fingerprint density at radius 1 is 1.35 bits per heavy atom. The number of aromatic nitrogens is 1. The fourth-order valence-corrected chi connectivity index (χ4v) is 3.61. The topological polar surface area (TPSA) is 47.2 Å². The van der Waals surface area contributed by atoms with Crippen LogP contribution in [0.15, 0.2) is 28.9 Å². The molecule has 124 valence electrons. The second kappa shape index (κ2) is 6.65. The van der Waals surface area contributed by atoms with Gasteiger partial charge in [-0.15, -0.1) is 0 Å². The van der Waals surface area contributed by atoms with E-state index < -0.39 is 0 Å². The van der Waals surface area contributed by atoms with Crippen molar-refractivity contribution in [2.24, 2.45) is 5.92 Å². The van der Waals surface area contributed by atoms with E-state index in [1.807, 2.05) is 32.0 Å². The Balaban J connectivity index is 1.76. The molecule has 0 saturated heterocycles. The van der Waals surface area contributed by atoms with Gasteiger partial charge in [0.1, 0.15) is 5.76 Å². The zero-order valence-electron chi connectivity index (χ0n) is 14.3. The van der Waals surface area contributed by atoms with Gasteiger partial charge in [0.2, 0.25) is 0 Å². The molecule has 2 heterocycles. The van der Waals surface area contributed by atoms with E-state index in [0.717, 1.165) is 29.1 Å². The third-order valence-electron chi connectivity index (χ3n) is 5.14. The standard InChI is InChI=1S/C19H26N2O2/c1-13-7-4-5-9-18(13)20-19(22)17-11-14(2)21(15(17)3)12-16-8-6-10-23-16/h6,8,10-11,13,18H,4-5,7,9,12H2,1-3H3,(H,20,22)/t13-,18-/m0/s1. The number of carbonyl (C=O) groups is 1. The van der Waals surface area contributed by atoms with E-state index in [4.69, 9.17) is 4.42 Å². The first kappa shape index (κ1) is 15.9. The first-order valence-electron chi connectivity index (χ1n) is 8.56. The summed E-state index contributed by atoms with van der Waals surface area (Å²) >= 11 is 0. The molecule has 1 N–H and O–H groups in total. The fraction of sp³-hybridized carbons (Fsp3) is 0.526. The van der Waals surface area contributed by atoms with Crippen LogP contribution in [0.1, 0.15) is 60.1 Å². The minimum absolute atomic E-state index is 0.0579. The van der Waals surface area contributed by atoms with Gasteiger partial charge in [-0.2, -0.15) is 0 Å². The van der Waals surface area contributed by atoms with Gasteiger partial charge in [-0.1, -0.05) is 19.8 Å². The predicted molar refractivity (Wildman–Crippen MR) is 90.6 cm³/mol. The van der Waals surface area contributed by atoms with Gasteiger partial charge in [0.25, 0.3) is 5.91 Å². The van der Waals surface area contributed by atoms with Crippen LogP contribution in [0.2, 0.25) is 0 Å². The summed E-state index contributed by atoms with van der Waals surface area (Å²) in [6.07, 6.45) is 6.49. The Morgan fingerprint density at radius 2 is 2.13 bits per heavy atom. The summed E-state index contributed by atoms with van der Waals surface area (Å²) in [5.74, 6) is 1.53. The van der Waals surface area contributed by atoms with Gasteiger partial charge in [0, 0.05) is 17.4 Å². The van der Waals surface area contributed by atoms with Gasteiger partial charge in [0.15, 0.2) is 0 Å². The molecule has 0 spiro atoms. The first-order valence-corrected chi connectivity index (χ1v) is 8.56. The molecule has 4 nitrogen and oxygen atoms in total. The SMILES string of the molecule is Cc1cc(C(=O)N[C@H]2CCCC[C@@H]2C)c(C)n1Cc1ccco1. The number of nitrogens with zero attached hydrogens (tertiary/aromatic N) is 1. The number of aryl methyl sites for hydroxylation is 1. The van der Waals surface area contributed by atoms with E-state index in [-0.39, 0.29) is 5.91 Å². The number of hydrogen-bond donors (Lipinski definition) is 1. The third-order valence-corrected chi connectivity index (χ3v) is 5.14. The Labute approximate surface area is 137 Å². The zero-order valence-corrected chi connectivity index (χ0v) is 14.3. The number of hydrogen-bond acceptors (Lipinski definition) is 2. The molecule has 1 saturated carbocycles. The molecule has 2 aromatic rings. The lowest BCUT2D eigenvalue weighted by Gasteiger charge is -2.29. The molecule has 1 aliphatic rings. The minimum Gasteiger partial charge on any atom is -0.467 e. The molecule has 2 atom stereocenters. The number of rotatable bonds is 4. The second-order valence-electron chi connectivity index (χ2n) is 6.79. The van der Waals surface area contributed by atoms with Crippen molar-refractivity contribution in [3.63, 3.8) is 0 Å². The number of amides is 1. The normalized spacial score (nSPS) is 21.3. The lowest BCUT2D eigenvalue weighted by Crippen LogP contribution is -2.41. The van der Waals surface area contributed by atoms with Crippen molar-refractivity contribution in [3.8, 4) is 0 Å². The Bertz CT molecular complexity index is 670. The summed E-state index contributed by atoms with van der Waals surface area (Å²) in [5.41, 5.74) is 2.87. The maximum Gasteiger partial charge on any atom is 0.253 e. The van der Waals surface area contributed by atoms with Crippen molar-refractivity contribution >= 4 is 5.91 Å². The van der Waals surface area contributed by atoms with Crippen LogP contribution in [0.4, 0.5) is 0 Å². The predicted octanol–water partition coefficient (Wildman–Crippen LogP) is 4.05. The van der Waals surface area contributed by atoms with E-state index >= 15 is 0 Å². The lowest BCUT2D eigenvalue weighted by molar-refractivity contribution is 0.0909. The van der Waals surface area contributed by atoms with Gasteiger partial charge in [-0.3, -0.25) is 4.79 Å². The molecular weight excluding hydrogens is 288 g/mol. The Kier molecular flexibility index (Phi) is 4.60. The van der Waals surface area contributed by atoms with Crippen molar-refractivity contribution in [1.29, 1.82) is 0 Å². The van der Waals surface area contributed by atoms with Gasteiger partial charge in [0.05, 0.1) is 18.4 Å². The Hall–Kier alpha value is -1.97. The second-order valence-corrected chi connectivity index (χ2v) is 6.79. The van der Waals surface area contributed by atoms with E-state index in [0.29, 0.717) is 18.5 Å². The smallest absolute Gasteiger partial charge is 0.253 e. The highest BCUT2D eigenvalue weighted by molar-refractivity contribution is 5.95. The molecule has 0 unspecified atom stereocenters. The van der Waals surface area contributed by atoms with E-state index in [2.05, 4.69) is 16.8 Å². The van der Waals surface area contributed by atoms with Crippen LogP contribution < -0.4 is 5.32 Å². The highest BCUT2D eigenvalue weighted by Gasteiger charge is 2.25. The summed E-state index contributed by atoms with van der Waals surface area (Å²) in [4.78, 5) is 12.7. The van der Waals surface area contributed by atoms with Crippen LogP contribution in [0.5, 0.6) is 0 Å². The molecule has 0 radical (unpaired) electrons. The number of furan rings is 1. The summed E-state index contributed by atoms with van der Waals surface area (Å²) in [6.45, 7) is 6.95. The maximum atomic E-state index is 12.7. The first-order chi connectivity index (χ1) is 11.1. The minimum atomic E-state index is 0.0579. The highest BCUT2D eigenvalue weighted by Crippen LogP contribution is 2.25. The highest BCUT2D eigenvalue weighted by atomic mass is 16.3. The molecule has 1 fully saturated rings. The fourth-order valence-electron chi connectivity index (χ4n) is 3.61. The van der Waals surface area contributed by atoms with Crippen molar-refractivity contribution in [2.45, 2.75) is 59.0 Å². The molecule has 0 aromatic carbocycles. The molecule has 3 rings (SSSR count). The molecule has 2 aromatic heterocycles. The van der Waals surface area contributed by atoms with Crippen molar-refractivity contribution < 1.29 is 9.21 Å². The maximum absolute atomic E-state index is 12.7. The quantitative estimate of drug-likeness (QED) is 0.925. The molecule has 23 heavy (non-hydrogen) atoms. The molecular formula is C19H26N2O2. The van der Waals surface area contributed by atoms with Gasteiger partial charge in [-0.25, -0.2) is 0 Å². The van der Waals surface area contributed by atoms with Crippen LogP contribution in [0.3, 0.4) is 0 Å².